The van der Waals surface area contributed by atoms with Gasteiger partial charge >= 0.3 is 0 Å². The molecule has 1 aliphatic rings. The Morgan fingerprint density at radius 3 is 2.73 bits per heavy atom. The van der Waals surface area contributed by atoms with Crippen molar-refractivity contribution in [3.63, 3.8) is 0 Å². The van der Waals surface area contributed by atoms with E-state index in [2.05, 4.69) is 81.3 Å². The minimum absolute atomic E-state index is 0.108. The van der Waals surface area contributed by atoms with Crippen LogP contribution in [-0.4, -0.2) is 0 Å². The molecule has 78 valence electrons. The highest BCUT2D eigenvalue weighted by molar-refractivity contribution is 9.11. The van der Waals surface area contributed by atoms with E-state index in [-0.39, 0.29) is 5.41 Å². The topological polar surface area (TPSA) is 0 Å². The maximum atomic E-state index is 3.58. The summed E-state index contributed by atoms with van der Waals surface area (Å²) in [6.45, 7) is 2.26. The van der Waals surface area contributed by atoms with Crippen molar-refractivity contribution < 1.29 is 0 Å². The highest BCUT2D eigenvalue weighted by Gasteiger charge is 2.26. The molecule has 0 radical (unpaired) electrons. The first-order chi connectivity index (χ1) is 7.10. The predicted molar refractivity (Wildman–Crippen MR) is 72.3 cm³/mol. The number of allylic oxidation sites excluding steroid dienone is 4. The van der Waals surface area contributed by atoms with Crippen LogP contribution in [0.2, 0.25) is 0 Å². The van der Waals surface area contributed by atoms with Gasteiger partial charge in [0.05, 0.1) is 0 Å². The molecule has 0 heterocycles. The summed E-state index contributed by atoms with van der Waals surface area (Å²) >= 11 is 7.10. The molecule has 1 aromatic rings. The second-order valence-corrected chi connectivity index (χ2v) is 6.01. The predicted octanol–water partition coefficient (Wildman–Crippen LogP) is 4.95. The van der Waals surface area contributed by atoms with Gasteiger partial charge in [-0.2, -0.15) is 0 Å². The van der Waals surface area contributed by atoms with Gasteiger partial charge < -0.3 is 0 Å². The Kier molecular flexibility index (Phi) is 3.17. The van der Waals surface area contributed by atoms with Gasteiger partial charge in [0, 0.05) is 9.89 Å². The second-order valence-electron chi connectivity index (χ2n) is 4.08. The standard InChI is InChI=1S/C13H12Br2/c1-13(7-3-6-12(15)9-13)10-4-2-5-11(14)8-10/h2-8H,9H2,1H3. The monoisotopic (exact) mass is 326 g/mol. The first kappa shape index (κ1) is 11.2. The van der Waals surface area contributed by atoms with Gasteiger partial charge in [-0.25, -0.2) is 0 Å². The van der Waals surface area contributed by atoms with E-state index >= 15 is 0 Å². The zero-order valence-corrected chi connectivity index (χ0v) is 11.7. The molecule has 15 heavy (non-hydrogen) atoms. The molecule has 1 atom stereocenters. The van der Waals surface area contributed by atoms with Crippen LogP contribution in [0.15, 0.2) is 51.4 Å². The van der Waals surface area contributed by atoms with Crippen molar-refractivity contribution in [2.75, 3.05) is 0 Å². The van der Waals surface area contributed by atoms with Gasteiger partial charge in [-0.05, 0) is 28.6 Å². The van der Waals surface area contributed by atoms with Gasteiger partial charge in [0.2, 0.25) is 0 Å². The zero-order chi connectivity index (χ0) is 10.9. The Bertz CT molecular complexity index is 432. The summed E-state index contributed by atoms with van der Waals surface area (Å²) in [6, 6.07) is 8.52. The lowest BCUT2D eigenvalue weighted by molar-refractivity contribution is 0.596. The number of halogens is 2. The molecule has 1 unspecified atom stereocenters. The van der Waals surface area contributed by atoms with Crippen LogP contribution in [0.4, 0.5) is 0 Å². The van der Waals surface area contributed by atoms with Crippen molar-refractivity contribution in [2.45, 2.75) is 18.8 Å². The fourth-order valence-corrected chi connectivity index (χ4v) is 3.01. The van der Waals surface area contributed by atoms with E-state index in [1.54, 1.807) is 0 Å². The maximum absolute atomic E-state index is 3.58. The van der Waals surface area contributed by atoms with Crippen LogP contribution >= 0.6 is 31.9 Å². The summed E-state index contributed by atoms with van der Waals surface area (Å²) < 4.78 is 2.40. The minimum Gasteiger partial charge on any atom is -0.0738 e. The van der Waals surface area contributed by atoms with Crippen molar-refractivity contribution >= 4 is 31.9 Å². The summed E-state index contributed by atoms with van der Waals surface area (Å²) in [5, 5.41) is 0. The van der Waals surface area contributed by atoms with Crippen LogP contribution in [0.25, 0.3) is 0 Å². The van der Waals surface area contributed by atoms with Gasteiger partial charge in [0.25, 0.3) is 0 Å². The molecule has 0 saturated carbocycles. The van der Waals surface area contributed by atoms with Crippen molar-refractivity contribution in [3.05, 3.63) is 57.0 Å². The lowest BCUT2D eigenvalue weighted by Crippen LogP contribution is -2.20. The maximum Gasteiger partial charge on any atom is 0.0178 e. The van der Waals surface area contributed by atoms with Crippen LogP contribution < -0.4 is 0 Å². The third-order valence-corrected chi connectivity index (χ3v) is 3.80. The minimum atomic E-state index is 0.108. The lowest BCUT2D eigenvalue weighted by Gasteiger charge is -2.29. The molecule has 2 rings (SSSR count). The number of rotatable bonds is 1. The summed E-state index contributed by atoms with van der Waals surface area (Å²) in [5.41, 5.74) is 1.45. The Balaban J connectivity index is 2.39. The lowest BCUT2D eigenvalue weighted by atomic mass is 9.77. The van der Waals surface area contributed by atoms with E-state index in [1.165, 1.54) is 10.0 Å². The Hall–Kier alpha value is -0.340. The molecule has 0 saturated heterocycles. The molecule has 0 bridgehead atoms. The highest BCUT2D eigenvalue weighted by atomic mass is 79.9. The number of hydrogen-bond donors (Lipinski definition) is 0. The van der Waals surface area contributed by atoms with E-state index < -0.39 is 0 Å². The molecule has 0 aromatic heterocycles. The first-order valence-electron chi connectivity index (χ1n) is 4.90. The van der Waals surface area contributed by atoms with Gasteiger partial charge in [-0.15, -0.1) is 0 Å². The quantitative estimate of drug-likeness (QED) is 0.685. The average Bonchev–Trinajstić information content (AvgIpc) is 2.17. The normalized spacial score (nSPS) is 25.1. The molecule has 0 amide bonds. The third kappa shape index (κ3) is 2.43. The molecule has 0 nitrogen and oxygen atoms in total. The average molecular weight is 328 g/mol. The van der Waals surface area contributed by atoms with Crippen LogP contribution in [-0.2, 0) is 5.41 Å². The summed E-state index contributed by atoms with van der Waals surface area (Å²) in [5.74, 6) is 0. The van der Waals surface area contributed by atoms with Crippen molar-refractivity contribution in [1.82, 2.24) is 0 Å². The van der Waals surface area contributed by atoms with Crippen molar-refractivity contribution in [2.24, 2.45) is 0 Å². The van der Waals surface area contributed by atoms with Crippen LogP contribution in [0.5, 0.6) is 0 Å². The molecule has 1 aliphatic carbocycles. The first-order valence-corrected chi connectivity index (χ1v) is 6.49. The fraction of sp³-hybridized carbons (Fsp3) is 0.231. The molecule has 0 aliphatic heterocycles. The van der Waals surface area contributed by atoms with Gasteiger partial charge in [0.15, 0.2) is 0 Å². The smallest absolute Gasteiger partial charge is 0.0178 e. The molecule has 0 fully saturated rings. The van der Waals surface area contributed by atoms with E-state index in [1.807, 2.05) is 0 Å². The fourth-order valence-electron chi connectivity index (χ4n) is 1.88. The van der Waals surface area contributed by atoms with E-state index in [0.717, 1.165) is 10.9 Å². The molecule has 0 N–H and O–H groups in total. The Labute approximate surface area is 107 Å². The van der Waals surface area contributed by atoms with Gasteiger partial charge in [0.1, 0.15) is 0 Å². The van der Waals surface area contributed by atoms with Crippen LogP contribution in [0.1, 0.15) is 18.9 Å². The van der Waals surface area contributed by atoms with Gasteiger partial charge in [-0.3, -0.25) is 0 Å². The van der Waals surface area contributed by atoms with Crippen LogP contribution in [0, 0.1) is 0 Å². The molecular weight excluding hydrogens is 316 g/mol. The third-order valence-electron chi connectivity index (χ3n) is 2.76. The highest BCUT2D eigenvalue weighted by Crippen LogP contribution is 2.37. The van der Waals surface area contributed by atoms with Gasteiger partial charge in [-0.1, -0.05) is 69.1 Å². The van der Waals surface area contributed by atoms with E-state index in [4.69, 9.17) is 0 Å². The summed E-state index contributed by atoms with van der Waals surface area (Å²) in [7, 11) is 0. The molecule has 0 spiro atoms. The molecule has 1 aromatic carbocycles. The largest absolute Gasteiger partial charge is 0.0738 e. The van der Waals surface area contributed by atoms with Crippen molar-refractivity contribution in [3.8, 4) is 0 Å². The summed E-state index contributed by atoms with van der Waals surface area (Å²) in [6.07, 6.45) is 7.52. The summed E-state index contributed by atoms with van der Waals surface area (Å²) in [4.78, 5) is 0. The SMILES string of the molecule is CC1(c2cccc(Br)c2)C=CC=C(Br)C1. The Morgan fingerprint density at radius 1 is 1.27 bits per heavy atom. The number of benzene rings is 1. The second kappa shape index (κ2) is 4.26. The molecule has 2 heteroatoms. The van der Waals surface area contributed by atoms with E-state index in [9.17, 15) is 0 Å². The van der Waals surface area contributed by atoms with Crippen LogP contribution in [0.3, 0.4) is 0 Å². The Morgan fingerprint density at radius 2 is 2.07 bits per heavy atom. The van der Waals surface area contributed by atoms with E-state index in [0.29, 0.717) is 0 Å². The zero-order valence-electron chi connectivity index (χ0n) is 8.50. The number of hydrogen-bond acceptors (Lipinski definition) is 0. The van der Waals surface area contributed by atoms with Crippen molar-refractivity contribution in [1.29, 1.82) is 0 Å². The molecular formula is C13H12Br2.